The highest BCUT2D eigenvalue weighted by atomic mass is 16.2. The maximum atomic E-state index is 13.7. The Morgan fingerprint density at radius 1 is 0.917 bits per heavy atom. The molecule has 4 aromatic rings. The number of aromatic nitrogens is 2. The Hall–Kier alpha value is -4.03. The second-order valence-electron chi connectivity index (χ2n) is 9.48. The number of anilines is 1. The van der Waals surface area contributed by atoms with Crippen LogP contribution in [0.1, 0.15) is 27.9 Å². The van der Waals surface area contributed by atoms with E-state index in [9.17, 15) is 9.59 Å². The summed E-state index contributed by atoms with van der Waals surface area (Å²) in [6, 6.07) is 25.9. The van der Waals surface area contributed by atoms with Gasteiger partial charge < -0.3 is 5.32 Å². The van der Waals surface area contributed by atoms with Crippen molar-refractivity contribution in [2.75, 3.05) is 11.9 Å². The van der Waals surface area contributed by atoms with Crippen LogP contribution in [-0.2, 0) is 30.8 Å². The zero-order valence-electron chi connectivity index (χ0n) is 20.7. The lowest BCUT2D eigenvalue weighted by molar-refractivity contribution is -0.116. The van der Waals surface area contributed by atoms with Crippen LogP contribution in [0.5, 0.6) is 0 Å². The van der Waals surface area contributed by atoms with Gasteiger partial charge in [-0.05, 0) is 38.0 Å². The minimum Gasteiger partial charge on any atom is -0.325 e. The van der Waals surface area contributed by atoms with Gasteiger partial charge >= 0.3 is 0 Å². The number of fused-ring (bicyclic) bond motifs is 1. The first-order valence-corrected chi connectivity index (χ1v) is 12.3. The average Bonchev–Trinajstić information content (AvgIpc) is 2.88. The Morgan fingerprint density at radius 3 is 2.28 bits per heavy atom. The first kappa shape index (κ1) is 23.7. The summed E-state index contributed by atoms with van der Waals surface area (Å²) in [7, 11) is 0. The minimum absolute atomic E-state index is 0.0933. The SMILES string of the molecule is Cc1ccc(NC(=O)Cn2c(-c3ccc(C)cc3)nc3c(c2=O)CCN(Cc2ccccc2)C3)cc1. The summed E-state index contributed by atoms with van der Waals surface area (Å²) >= 11 is 0. The molecule has 0 spiro atoms. The molecule has 1 amide bonds. The van der Waals surface area contributed by atoms with Crippen molar-refractivity contribution in [3.8, 4) is 11.4 Å². The highest BCUT2D eigenvalue weighted by Gasteiger charge is 2.25. The number of nitrogens with zero attached hydrogens (tertiary/aromatic N) is 3. The molecule has 36 heavy (non-hydrogen) atoms. The van der Waals surface area contributed by atoms with Gasteiger partial charge in [0.1, 0.15) is 12.4 Å². The van der Waals surface area contributed by atoms with Crippen molar-refractivity contribution < 1.29 is 4.79 Å². The summed E-state index contributed by atoms with van der Waals surface area (Å²) in [5, 5.41) is 2.91. The Morgan fingerprint density at radius 2 is 1.58 bits per heavy atom. The lowest BCUT2D eigenvalue weighted by atomic mass is 10.0. The van der Waals surface area contributed by atoms with E-state index in [-0.39, 0.29) is 18.0 Å². The first-order chi connectivity index (χ1) is 17.5. The van der Waals surface area contributed by atoms with Crippen molar-refractivity contribution in [1.82, 2.24) is 14.5 Å². The largest absolute Gasteiger partial charge is 0.325 e. The maximum absolute atomic E-state index is 13.7. The number of amides is 1. The van der Waals surface area contributed by atoms with Crippen LogP contribution in [0.2, 0.25) is 0 Å². The Kier molecular flexibility index (Phi) is 6.78. The Bertz CT molecular complexity index is 1430. The highest BCUT2D eigenvalue weighted by Crippen LogP contribution is 2.23. The number of hydrogen-bond donors (Lipinski definition) is 1. The van der Waals surface area contributed by atoms with E-state index in [1.807, 2.05) is 80.6 Å². The van der Waals surface area contributed by atoms with E-state index in [2.05, 4.69) is 22.3 Å². The third kappa shape index (κ3) is 5.29. The molecule has 2 heterocycles. The fourth-order valence-electron chi connectivity index (χ4n) is 4.61. The van der Waals surface area contributed by atoms with Crippen LogP contribution in [0, 0.1) is 13.8 Å². The molecule has 0 saturated carbocycles. The number of aryl methyl sites for hydroxylation is 2. The smallest absolute Gasteiger partial charge is 0.257 e. The number of benzene rings is 3. The molecule has 3 aromatic carbocycles. The predicted molar refractivity (Wildman–Crippen MR) is 143 cm³/mol. The molecule has 0 radical (unpaired) electrons. The molecule has 0 bridgehead atoms. The van der Waals surface area contributed by atoms with Gasteiger partial charge in [-0.25, -0.2) is 4.98 Å². The minimum atomic E-state index is -0.252. The standard InChI is InChI=1S/C30H30N4O2/c1-21-8-12-24(13-9-21)29-32-27-19-33(18-23-6-4-3-5-7-23)17-16-26(27)30(36)34(29)20-28(35)31-25-14-10-22(2)11-15-25/h3-15H,16-20H2,1-2H3,(H,31,35). The molecule has 6 nitrogen and oxygen atoms in total. The molecule has 6 heteroatoms. The summed E-state index contributed by atoms with van der Waals surface area (Å²) < 4.78 is 1.53. The molecule has 0 fully saturated rings. The molecule has 0 saturated heterocycles. The van der Waals surface area contributed by atoms with Gasteiger partial charge in [-0.3, -0.25) is 19.1 Å². The number of carbonyl (C=O) groups excluding carboxylic acids is 1. The Labute approximate surface area is 211 Å². The van der Waals surface area contributed by atoms with Crippen LogP contribution < -0.4 is 10.9 Å². The van der Waals surface area contributed by atoms with Gasteiger partial charge in [0.2, 0.25) is 5.91 Å². The molecule has 1 aromatic heterocycles. The molecule has 1 N–H and O–H groups in total. The molecule has 1 aliphatic rings. The second-order valence-corrected chi connectivity index (χ2v) is 9.48. The number of rotatable bonds is 6. The fraction of sp³-hybridized carbons (Fsp3) is 0.233. The molecule has 0 unspecified atom stereocenters. The summed E-state index contributed by atoms with van der Waals surface area (Å²) in [5.41, 5.74) is 6.38. The fourth-order valence-corrected chi connectivity index (χ4v) is 4.61. The maximum Gasteiger partial charge on any atom is 0.257 e. The summed E-state index contributed by atoms with van der Waals surface area (Å²) in [4.78, 5) is 34.0. The van der Waals surface area contributed by atoms with Crippen LogP contribution in [0.15, 0.2) is 83.7 Å². The van der Waals surface area contributed by atoms with Crippen molar-refractivity contribution in [2.24, 2.45) is 0 Å². The van der Waals surface area contributed by atoms with Crippen LogP contribution in [-0.4, -0.2) is 26.9 Å². The van der Waals surface area contributed by atoms with Crippen LogP contribution >= 0.6 is 0 Å². The van der Waals surface area contributed by atoms with Crippen LogP contribution in [0.3, 0.4) is 0 Å². The van der Waals surface area contributed by atoms with E-state index in [1.165, 1.54) is 10.1 Å². The number of hydrogen-bond acceptors (Lipinski definition) is 4. The predicted octanol–water partition coefficient (Wildman–Crippen LogP) is 4.72. The van der Waals surface area contributed by atoms with Gasteiger partial charge in [0, 0.05) is 36.4 Å². The van der Waals surface area contributed by atoms with Crippen molar-refractivity contribution >= 4 is 11.6 Å². The van der Waals surface area contributed by atoms with Gasteiger partial charge in [0.05, 0.1) is 5.69 Å². The number of carbonyl (C=O) groups is 1. The van der Waals surface area contributed by atoms with E-state index < -0.39 is 0 Å². The molecule has 182 valence electrons. The van der Waals surface area contributed by atoms with E-state index in [4.69, 9.17) is 4.98 Å². The molecule has 1 aliphatic heterocycles. The lowest BCUT2D eigenvalue weighted by Crippen LogP contribution is -2.39. The molecular formula is C30H30N4O2. The average molecular weight is 479 g/mol. The Balaban J connectivity index is 1.47. The summed E-state index contributed by atoms with van der Waals surface area (Å²) in [5.74, 6) is 0.275. The van der Waals surface area contributed by atoms with Gasteiger partial charge in [-0.15, -0.1) is 0 Å². The van der Waals surface area contributed by atoms with Gasteiger partial charge in [0.25, 0.3) is 5.56 Å². The number of nitrogens with one attached hydrogen (secondary N) is 1. The van der Waals surface area contributed by atoms with Crippen LogP contribution in [0.25, 0.3) is 11.4 Å². The van der Waals surface area contributed by atoms with E-state index in [1.54, 1.807) is 0 Å². The van der Waals surface area contributed by atoms with Crippen molar-refractivity contribution in [1.29, 1.82) is 0 Å². The molecule has 5 rings (SSSR count). The third-order valence-electron chi connectivity index (χ3n) is 6.60. The third-order valence-corrected chi connectivity index (χ3v) is 6.60. The van der Waals surface area contributed by atoms with E-state index >= 15 is 0 Å². The van der Waals surface area contributed by atoms with Gasteiger partial charge in [0.15, 0.2) is 0 Å². The molecule has 0 aliphatic carbocycles. The topological polar surface area (TPSA) is 67.2 Å². The van der Waals surface area contributed by atoms with E-state index in [0.717, 1.165) is 35.5 Å². The summed E-state index contributed by atoms with van der Waals surface area (Å²) in [6.07, 6.45) is 0.613. The molecule has 0 atom stereocenters. The highest BCUT2D eigenvalue weighted by molar-refractivity contribution is 5.90. The lowest BCUT2D eigenvalue weighted by Gasteiger charge is -2.29. The first-order valence-electron chi connectivity index (χ1n) is 12.3. The van der Waals surface area contributed by atoms with E-state index in [0.29, 0.717) is 30.0 Å². The quantitative estimate of drug-likeness (QED) is 0.435. The van der Waals surface area contributed by atoms with Crippen LogP contribution in [0.4, 0.5) is 5.69 Å². The zero-order chi connectivity index (χ0) is 25.1. The van der Waals surface area contributed by atoms with Gasteiger partial charge in [-0.1, -0.05) is 77.9 Å². The normalized spacial score (nSPS) is 13.3. The van der Waals surface area contributed by atoms with Crippen molar-refractivity contribution in [3.63, 3.8) is 0 Å². The summed E-state index contributed by atoms with van der Waals surface area (Å²) in [6.45, 7) is 6.12. The van der Waals surface area contributed by atoms with Crippen molar-refractivity contribution in [3.05, 3.63) is 117 Å². The molecular weight excluding hydrogens is 448 g/mol. The monoisotopic (exact) mass is 478 g/mol. The zero-order valence-corrected chi connectivity index (χ0v) is 20.7. The van der Waals surface area contributed by atoms with Crippen molar-refractivity contribution in [2.45, 2.75) is 39.9 Å². The second kappa shape index (κ2) is 10.3. The van der Waals surface area contributed by atoms with Gasteiger partial charge in [-0.2, -0.15) is 0 Å².